The molecule has 3 nitrogen and oxygen atoms in total. The summed E-state index contributed by atoms with van der Waals surface area (Å²) in [6.07, 6.45) is 1.52. The average molecular weight is 172 g/mol. The van der Waals surface area contributed by atoms with Crippen LogP contribution in [0.5, 0.6) is 0 Å². The lowest BCUT2D eigenvalue weighted by atomic mass is 9.85. The zero-order valence-electron chi connectivity index (χ0n) is 8.26. The molecule has 0 spiro atoms. The Balaban J connectivity index is 3.94. The van der Waals surface area contributed by atoms with Crippen molar-refractivity contribution in [2.75, 3.05) is 6.54 Å². The van der Waals surface area contributed by atoms with Gasteiger partial charge in [0.2, 0.25) is 0 Å². The molecule has 0 fully saturated rings. The fourth-order valence-electron chi connectivity index (χ4n) is 1.03. The van der Waals surface area contributed by atoms with Crippen LogP contribution in [0.2, 0.25) is 0 Å². The first-order valence-electron chi connectivity index (χ1n) is 4.39. The lowest BCUT2D eigenvalue weighted by Crippen LogP contribution is -2.39. The Labute approximate surface area is 74.5 Å². The first kappa shape index (κ1) is 11.6. The third-order valence-corrected chi connectivity index (χ3v) is 1.80. The molecule has 0 unspecified atom stereocenters. The van der Waals surface area contributed by atoms with Crippen molar-refractivity contribution in [3.8, 4) is 0 Å². The van der Waals surface area contributed by atoms with E-state index in [1.165, 1.54) is 0 Å². The molecule has 0 aromatic rings. The van der Waals surface area contributed by atoms with Crippen LogP contribution in [0.4, 0.5) is 0 Å². The Morgan fingerprint density at radius 1 is 1.42 bits per heavy atom. The molecule has 0 aromatic carbocycles. The number of hydrogen-bond donors (Lipinski definition) is 2. The predicted molar refractivity (Wildman–Crippen MR) is 50.7 cm³/mol. The SMILES string of the molecule is CC(C)(C)C(=O)[C@H](N)CCCN. The third-order valence-electron chi connectivity index (χ3n) is 1.80. The summed E-state index contributed by atoms with van der Waals surface area (Å²) in [5, 5.41) is 0. The van der Waals surface area contributed by atoms with Crippen molar-refractivity contribution in [2.24, 2.45) is 16.9 Å². The van der Waals surface area contributed by atoms with Gasteiger partial charge in [-0.15, -0.1) is 0 Å². The lowest BCUT2D eigenvalue weighted by Gasteiger charge is -2.21. The highest BCUT2D eigenvalue weighted by atomic mass is 16.1. The van der Waals surface area contributed by atoms with Gasteiger partial charge in [-0.05, 0) is 19.4 Å². The summed E-state index contributed by atoms with van der Waals surface area (Å²) >= 11 is 0. The second-order valence-corrected chi connectivity index (χ2v) is 4.15. The maximum absolute atomic E-state index is 11.5. The monoisotopic (exact) mass is 172 g/mol. The van der Waals surface area contributed by atoms with Gasteiger partial charge in [-0.2, -0.15) is 0 Å². The minimum atomic E-state index is -0.339. The summed E-state index contributed by atoms with van der Waals surface area (Å²) in [6.45, 7) is 6.26. The molecule has 0 bridgehead atoms. The molecule has 0 heterocycles. The van der Waals surface area contributed by atoms with Crippen LogP contribution in [0.15, 0.2) is 0 Å². The highest BCUT2D eigenvalue weighted by Gasteiger charge is 2.26. The van der Waals surface area contributed by atoms with E-state index < -0.39 is 0 Å². The van der Waals surface area contributed by atoms with Gasteiger partial charge >= 0.3 is 0 Å². The van der Waals surface area contributed by atoms with Crippen molar-refractivity contribution in [1.29, 1.82) is 0 Å². The van der Waals surface area contributed by atoms with Gasteiger partial charge in [-0.3, -0.25) is 4.79 Å². The van der Waals surface area contributed by atoms with E-state index in [1.807, 2.05) is 20.8 Å². The fraction of sp³-hybridized carbons (Fsp3) is 0.889. The molecule has 1 atom stereocenters. The van der Waals surface area contributed by atoms with Gasteiger partial charge in [-0.1, -0.05) is 20.8 Å². The Morgan fingerprint density at radius 3 is 2.25 bits per heavy atom. The van der Waals surface area contributed by atoms with Crippen molar-refractivity contribution >= 4 is 5.78 Å². The molecular weight excluding hydrogens is 152 g/mol. The summed E-state index contributed by atoms with van der Waals surface area (Å²) in [4.78, 5) is 11.5. The normalized spacial score (nSPS) is 14.4. The second-order valence-electron chi connectivity index (χ2n) is 4.15. The zero-order valence-corrected chi connectivity index (χ0v) is 8.26. The summed E-state index contributed by atoms with van der Waals surface area (Å²) in [5.74, 6) is 0.121. The van der Waals surface area contributed by atoms with Crippen LogP contribution in [0.1, 0.15) is 33.6 Å². The Bertz CT molecular complexity index is 149. The molecule has 3 heteroatoms. The van der Waals surface area contributed by atoms with Gasteiger partial charge in [0.05, 0.1) is 6.04 Å². The first-order chi connectivity index (χ1) is 5.39. The lowest BCUT2D eigenvalue weighted by molar-refractivity contribution is -0.127. The van der Waals surface area contributed by atoms with E-state index in [0.29, 0.717) is 13.0 Å². The van der Waals surface area contributed by atoms with Crippen molar-refractivity contribution < 1.29 is 4.79 Å². The van der Waals surface area contributed by atoms with Crippen molar-refractivity contribution in [3.05, 3.63) is 0 Å². The molecule has 0 aromatic heterocycles. The molecule has 0 rings (SSSR count). The number of hydrogen-bond acceptors (Lipinski definition) is 3. The summed E-state index contributed by atoms with van der Waals surface area (Å²) in [6, 6.07) is -0.339. The Kier molecular flexibility index (Phi) is 4.42. The van der Waals surface area contributed by atoms with Gasteiger partial charge in [0, 0.05) is 5.41 Å². The molecule has 0 aliphatic heterocycles. The summed E-state index contributed by atoms with van der Waals surface area (Å²) in [5.41, 5.74) is 10.7. The smallest absolute Gasteiger partial charge is 0.154 e. The van der Waals surface area contributed by atoms with Gasteiger partial charge in [0.1, 0.15) is 0 Å². The molecular formula is C9H20N2O. The quantitative estimate of drug-likeness (QED) is 0.654. The van der Waals surface area contributed by atoms with Gasteiger partial charge < -0.3 is 11.5 Å². The maximum Gasteiger partial charge on any atom is 0.154 e. The molecule has 4 N–H and O–H groups in total. The second kappa shape index (κ2) is 4.58. The van der Waals surface area contributed by atoms with E-state index in [4.69, 9.17) is 11.5 Å². The van der Waals surface area contributed by atoms with Crippen molar-refractivity contribution in [1.82, 2.24) is 0 Å². The first-order valence-corrected chi connectivity index (χ1v) is 4.39. The molecule has 12 heavy (non-hydrogen) atoms. The van der Waals surface area contributed by atoms with Crippen LogP contribution >= 0.6 is 0 Å². The van der Waals surface area contributed by atoms with Crippen molar-refractivity contribution in [3.63, 3.8) is 0 Å². The van der Waals surface area contributed by atoms with Gasteiger partial charge in [0.15, 0.2) is 5.78 Å². The molecule has 0 radical (unpaired) electrons. The third kappa shape index (κ3) is 3.83. The molecule has 72 valence electrons. The Hall–Kier alpha value is -0.410. The number of rotatable bonds is 4. The van der Waals surface area contributed by atoms with E-state index in [-0.39, 0.29) is 17.2 Å². The molecule has 0 aliphatic carbocycles. The highest BCUT2D eigenvalue weighted by Crippen LogP contribution is 2.17. The average Bonchev–Trinajstić information content (AvgIpc) is 1.97. The predicted octanol–water partition coefficient (Wildman–Crippen LogP) is 0.668. The molecule has 0 aliphatic rings. The fourth-order valence-corrected chi connectivity index (χ4v) is 1.03. The zero-order chi connectivity index (χ0) is 9.78. The minimum absolute atomic E-state index is 0.121. The molecule has 0 saturated carbocycles. The molecule has 0 amide bonds. The maximum atomic E-state index is 11.5. The largest absolute Gasteiger partial charge is 0.330 e. The molecule has 0 saturated heterocycles. The number of ketones is 1. The van der Waals surface area contributed by atoms with E-state index >= 15 is 0 Å². The van der Waals surface area contributed by atoms with E-state index in [1.54, 1.807) is 0 Å². The van der Waals surface area contributed by atoms with Crippen LogP contribution in [0, 0.1) is 5.41 Å². The van der Waals surface area contributed by atoms with Crippen LogP contribution in [-0.2, 0) is 4.79 Å². The van der Waals surface area contributed by atoms with Gasteiger partial charge in [-0.25, -0.2) is 0 Å². The minimum Gasteiger partial charge on any atom is -0.330 e. The van der Waals surface area contributed by atoms with Crippen LogP contribution in [0.25, 0.3) is 0 Å². The van der Waals surface area contributed by atoms with Crippen LogP contribution in [0.3, 0.4) is 0 Å². The van der Waals surface area contributed by atoms with Crippen molar-refractivity contribution in [2.45, 2.75) is 39.7 Å². The Morgan fingerprint density at radius 2 is 1.92 bits per heavy atom. The topological polar surface area (TPSA) is 69.1 Å². The van der Waals surface area contributed by atoms with Gasteiger partial charge in [0.25, 0.3) is 0 Å². The number of Topliss-reactive ketones (excluding diaryl/α,β-unsaturated/α-hetero) is 1. The number of carbonyl (C=O) groups excluding carboxylic acids is 1. The number of nitrogens with two attached hydrogens (primary N) is 2. The van der Waals surface area contributed by atoms with E-state index in [0.717, 1.165) is 6.42 Å². The van der Waals surface area contributed by atoms with E-state index in [2.05, 4.69) is 0 Å². The summed E-state index contributed by atoms with van der Waals surface area (Å²) in [7, 11) is 0. The standard InChI is InChI=1S/C9H20N2O/c1-9(2,3)8(12)7(11)5-4-6-10/h7H,4-6,10-11H2,1-3H3/t7-/m1/s1. The number of carbonyl (C=O) groups is 1. The van der Waals surface area contributed by atoms with E-state index in [9.17, 15) is 4.79 Å². The van der Waals surface area contributed by atoms with Crippen LogP contribution in [-0.4, -0.2) is 18.4 Å². The highest BCUT2D eigenvalue weighted by molar-refractivity contribution is 5.88. The van der Waals surface area contributed by atoms with Crippen LogP contribution < -0.4 is 11.5 Å². The summed E-state index contributed by atoms with van der Waals surface area (Å²) < 4.78 is 0.